The molecule has 0 spiro atoms. The predicted octanol–water partition coefficient (Wildman–Crippen LogP) is 1.68. The molecular formula is C24H21N7O4S. The van der Waals surface area contributed by atoms with Gasteiger partial charge in [-0.05, 0) is 54.1 Å². The van der Waals surface area contributed by atoms with E-state index in [0.717, 1.165) is 0 Å². The van der Waals surface area contributed by atoms with E-state index in [1.807, 2.05) is 19.9 Å². The van der Waals surface area contributed by atoms with E-state index in [1.54, 1.807) is 35.2 Å². The zero-order chi connectivity index (χ0) is 25.4. The van der Waals surface area contributed by atoms with E-state index in [2.05, 4.69) is 25.9 Å². The van der Waals surface area contributed by atoms with Crippen molar-refractivity contribution in [2.24, 2.45) is 0 Å². The van der Waals surface area contributed by atoms with Gasteiger partial charge in [0.25, 0.3) is 0 Å². The third-order valence-corrected chi connectivity index (χ3v) is 7.76. The number of thioether (sulfide) groups is 1. The molecule has 2 aliphatic rings. The fraction of sp³-hybridized carbons (Fsp3) is 0.292. The van der Waals surface area contributed by atoms with Gasteiger partial charge in [0.05, 0.1) is 11.6 Å². The van der Waals surface area contributed by atoms with Crippen LogP contribution in [0.5, 0.6) is 5.75 Å². The summed E-state index contributed by atoms with van der Waals surface area (Å²) in [7, 11) is 0. The van der Waals surface area contributed by atoms with E-state index >= 15 is 0 Å². The number of hydrogen-bond donors (Lipinski definition) is 2. The van der Waals surface area contributed by atoms with Gasteiger partial charge in [-0.25, -0.2) is 5.10 Å². The molecule has 0 saturated carbocycles. The number of carbonyl (C=O) groups is 3. The van der Waals surface area contributed by atoms with Crippen molar-refractivity contribution in [1.82, 2.24) is 30.8 Å². The summed E-state index contributed by atoms with van der Waals surface area (Å²) < 4.78 is 5.05. The first-order valence-electron chi connectivity index (χ1n) is 11.1. The highest BCUT2D eigenvalue weighted by molar-refractivity contribution is 8.01. The van der Waals surface area contributed by atoms with Gasteiger partial charge in [-0.3, -0.25) is 14.4 Å². The summed E-state index contributed by atoms with van der Waals surface area (Å²) in [6.45, 7) is 3.97. The maximum Gasteiger partial charge on any atom is 0.328 e. The summed E-state index contributed by atoms with van der Waals surface area (Å²) in [5, 5.41) is 25.4. The molecule has 2 fully saturated rings. The highest BCUT2D eigenvalue weighted by atomic mass is 32.2. The Kier molecular flexibility index (Phi) is 5.93. The average Bonchev–Trinajstić information content (AvgIpc) is 3.48. The average molecular weight is 504 g/mol. The third kappa shape index (κ3) is 4.07. The number of hydrogen-bond acceptors (Lipinski definition) is 9. The van der Waals surface area contributed by atoms with Crippen molar-refractivity contribution in [2.45, 2.75) is 42.0 Å². The molecule has 1 aromatic heterocycles. The van der Waals surface area contributed by atoms with Gasteiger partial charge < -0.3 is 15.0 Å². The van der Waals surface area contributed by atoms with Crippen molar-refractivity contribution < 1.29 is 19.1 Å². The van der Waals surface area contributed by atoms with Gasteiger partial charge in [-0.15, -0.1) is 16.9 Å². The number of tetrazole rings is 1. The van der Waals surface area contributed by atoms with Crippen LogP contribution >= 0.6 is 11.8 Å². The molecule has 4 atom stereocenters. The molecule has 2 saturated heterocycles. The lowest BCUT2D eigenvalue weighted by Crippen LogP contribution is -2.68. The van der Waals surface area contributed by atoms with E-state index in [4.69, 9.17) is 10.00 Å². The molecule has 182 valence electrons. The Labute approximate surface area is 210 Å². The first-order chi connectivity index (χ1) is 17.3. The lowest BCUT2D eigenvalue weighted by molar-refractivity contribution is -0.153. The summed E-state index contributed by atoms with van der Waals surface area (Å²) in [6.07, 6.45) is 0. The minimum atomic E-state index is -1.29. The zero-order valence-corrected chi connectivity index (χ0v) is 20.1. The standard InChI is InChI=1S/C24H21N7O4S/c1-24(2)18(19-27-29-30-28-19)31-21(33)17(22(31)36-24)26-20(32)16(14-6-4-3-5-7-14)23(34)35-15-10-8-13(12-25)9-11-15/h3-11,16-18,22H,1-2H3,(H,26,32)(H,27,28,29,30)/t16?,17?,18?,22-/m1/s1. The Morgan fingerprint density at radius 3 is 2.56 bits per heavy atom. The molecule has 0 aliphatic carbocycles. The summed E-state index contributed by atoms with van der Waals surface area (Å²) in [4.78, 5) is 41.3. The minimum Gasteiger partial charge on any atom is -0.426 e. The maximum atomic E-state index is 13.4. The number of H-pyrrole nitrogens is 1. The Morgan fingerprint density at radius 1 is 1.19 bits per heavy atom. The second-order valence-electron chi connectivity index (χ2n) is 8.93. The van der Waals surface area contributed by atoms with E-state index in [1.165, 1.54) is 36.0 Å². The van der Waals surface area contributed by atoms with Crippen LogP contribution < -0.4 is 10.1 Å². The number of esters is 1. The summed E-state index contributed by atoms with van der Waals surface area (Å²) >= 11 is 1.53. The van der Waals surface area contributed by atoms with Crippen LogP contribution in [-0.2, 0) is 14.4 Å². The number of aromatic nitrogens is 4. The number of benzene rings is 2. The van der Waals surface area contributed by atoms with Crippen LogP contribution in [0.25, 0.3) is 0 Å². The highest BCUT2D eigenvalue weighted by Gasteiger charge is 2.63. The van der Waals surface area contributed by atoms with Crippen molar-refractivity contribution in [2.75, 3.05) is 0 Å². The summed E-state index contributed by atoms with van der Waals surface area (Å²) in [6, 6.07) is 15.3. The molecule has 11 nitrogen and oxygen atoms in total. The minimum absolute atomic E-state index is 0.204. The molecule has 3 heterocycles. The van der Waals surface area contributed by atoms with Crippen molar-refractivity contribution in [1.29, 1.82) is 5.26 Å². The van der Waals surface area contributed by atoms with Gasteiger partial charge in [0.1, 0.15) is 23.2 Å². The molecule has 3 aromatic rings. The second-order valence-corrected chi connectivity index (χ2v) is 10.7. The van der Waals surface area contributed by atoms with Crippen LogP contribution in [0.2, 0.25) is 0 Å². The molecule has 5 rings (SSSR count). The first-order valence-corrected chi connectivity index (χ1v) is 12.0. The van der Waals surface area contributed by atoms with Gasteiger partial charge in [0, 0.05) is 4.75 Å². The maximum absolute atomic E-state index is 13.4. The fourth-order valence-corrected chi connectivity index (χ4v) is 6.16. The largest absolute Gasteiger partial charge is 0.426 e. The van der Waals surface area contributed by atoms with Crippen molar-refractivity contribution in [3.05, 3.63) is 71.5 Å². The van der Waals surface area contributed by atoms with Crippen LogP contribution in [0.1, 0.15) is 42.8 Å². The Morgan fingerprint density at radius 2 is 1.92 bits per heavy atom. The van der Waals surface area contributed by atoms with E-state index < -0.39 is 28.6 Å². The van der Waals surface area contributed by atoms with Crippen LogP contribution in [-0.4, -0.2) is 59.5 Å². The number of carbonyl (C=O) groups excluding carboxylic acids is 3. The molecule has 0 radical (unpaired) electrons. The second kappa shape index (κ2) is 9.09. The molecule has 0 bridgehead atoms. The SMILES string of the molecule is CC1(C)S[C@@H]2C(NC(=O)C(C(=O)Oc3ccc(C#N)cc3)c3ccccc3)C(=O)N2C1c1nnn[nH]1. The molecule has 2 N–H and O–H groups in total. The predicted molar refractivity (Wildman–Crippen MR) is 127 cm³/mol. The van der Waals surface area contributed by atoms with Gasteiger partial charge >= 0.3 is 5.97 Å². The highest BCUT2D eigenvalue weighted by Crippen LogP contribution is 2.56. The fourth-order valence-electron chi connectivity index (χ4n) is 4.52. The lowest BCUT2D eigenvalue weighted by Gasteiger charge is -2.44. The normalized spacial score (nSPS) is 22.6. The summed E-state index contributed by atoms with van der Waals surface area (Å²) in [5.41, 5.74) is 0.846. The number of nitrogens with one attached hydrogen (secondary N) is 2. The number of nitriles is 1. The van der Waals surface area contributed by atoms with Crippen LogP contribution in [0, 0.1) is 11.3 Å². The van der Waals surface area contributed by atoms with E-state index in [0.29, 0.717) is 17.0 Å². The van der Waals surface area contributed by atoms with Crippen LogP contribution in [0.4, 0.5) is 0 Å². The smallest absolute Gasteiger partial charge is 0.328 e. The van der Waals surface area contributed by atoms with Crippen molar-refractivity contribution in [3.8, 4) is 11.8 Å². The topological polar surface area (TPSA) is 154 Å². The van der Waals surface area contributed by atoms with Crippen molar-refractivity contribution >= 4 is 29.5 Å². The molecule has 36 heavy (non-hydrogen) atoms. The Hall–Kier alpha value is -4.24. The molecular weight excluding hydrogens is 482 g/mol. The number of aromatic amines is 1. The van der Waals surface area contributed by atoms with Crippen LogP contribution in [0.3, 0.4) is 0 Å². The quantitative estimate of drug-likeness (QED) is 0.221. The number of nitrogens with zero attached hydrogens (tertiary/aromatic N) is 5. The lowest BCUT2D eigenvalue weighted by atomic mass is 9.94. The number of rotatable bonds is 6. The zero-order valence-electron chi connectivity index (χ0n) is 19.3. The van der Waals surface area contributed by atoms with Crippen LogP contribution in [0.15, 0.2) is 54.6 Å². The summed E-state index contributed by atoms with van der Waals surface area (Å²) in [5.74, 6) is -2.33. The van der Waals surface area contributed by atoms with Crippen molar-refractivity contribution in [3.63, 3.8) is 0 Å². The Bertz CT molecular complexity index is 1340. The van der Waals surface area contributed by atoms with E-state index in [-0.39, 0.29) is 23.1 Å². The number of β-lactam (4-membered cyclic amide) rings is 1. The van der Waals surface area contributed by atoms with E-state index in [9.17, 15) is 14.4 Å². The van der Waals surface area contributed by atoms with Gasteiger partial charge in [-0.2, -0.15) is 5.26 Å². The van der Waals surface area contributed by atoms with Gasteiger partial charge in [0.2, 0.25) is 11.8 Å². The Balaban J connectivity index is 1.35. The monoisotopic (exact) mass is 503 g/mol. The molecule has 3 unspecified atom stereocenters. The number of ether oxygens (including phenoxy) is 1. The van der Waals surface area contributed by atoms with Gasteiger partial charge in [0.15, 0.2) is 11.7 Å². The third-order valence-electron chi connectivity index (χ3n) is 6.19. The number of fused-ring (bicyclic) bond motifs is 1. The van der Waals surface area contributed by atoms with Gasteiger partial charge in [-0.1, -0.05) is 30.3 Å². The molecule has 2 amide bonds. The molecule has 12 heteroatoms. The number of amides is 2. The molecule has 2 aliphatic heterocycles. The first kappa shape index (κ1) is 23.5. The molecule has 2 aromatic carbocycles.